The van der Waals surface area contributed by atoms with Crippen LogP contribution in [0.25, 0.3) is 10.2 Å². The van der Waals surface area contributed by atoms with Crippen molar-refractivity contribution in [3.63, 3.8) is 0 Å². The van der Waals surface area contributed by atoms with E-state index in [9.17, 15) is 14.4 Å². The lowest BCUT2D eigenvalue weighted by Gasteiger charge is -2.22. The normalized spacial score (nSPS) is 11.2. The Bertz CT molecular complexity index is 1170. The van der Waals surface area contributed by atoms with Crippen LogP contribution in [-0.4, -0.2) is 33.0 Å². The molecule has 0 N–H and O–H groups in total. The maximum atomic E-state index is 13.3. The minimum Gasteiger partial charge on any atom is -0.341 e. The molecule has 0 aliphatic heterocycles. The van der Waals surface area contributed by atoms with E-state index >= 15 is 0 Å². The summed E-state index contributed by atoms with van der Waals surface area (Å²) in [5.41, 5.74) is 2.96. The highest BCUT2D eigenvalue weighted by molar-refractivity contribution is 7.17. The predicted molar refractivity (Wildman–Crippen MR) is 123 cm³/mol. The van der Waals surface area contributed by atoms with E-state index in [0.717, 1.165) is 29.5 Å². The van der Waals surface area contributed by atoms with Crippen LogP contribution in [0.2, 0.25) is 0 Å². The lowest BCUT2D eigenvalue weighted by molar-refractivity contribution is -0.131. The molecule has 0 spiro atoms. The summed E-state index contributed by atoms with van der Waals surface area (Å²) in [7, 11) is 0. The van der Waals surface area contributed by atoms with Gasteiger partial charge in [0.25, 0.3) is 5.56 Å². The van der Waals surface area contributed by atoms with Gasteiger partial charge in [0.05, 0.1) is 12.1 Å². The summed E-state index contributed by atoms with van der Waals surface area (Å²) in [4.78, 5) is 41.0. The molecular weight excluding hydrogens is 398 g/mol. The van der Waals surface area contributed by atoms with Crippen molar-refractivity contribution >= 4 is 27.5 Å². The van der Waals surface area contributed by atoms with E-state index in [4.69, 9.17) is 0 Å². The van der Waals surface area contributed by atoms with Crippen LogP contribution in [0.1, 0.15) is 43.4 Å². The quantitative estimate of drug-likeness (QED) is 0.552. The number of carbonyl (C=O) groups excluding carboxylic acids is 1. The Kier molecular flexibility index (Phi) is 6.92. The van der Waals surface area contributed by atoms with E-state index < -0.39 is 5.69 Å². The van der Waals surface area contributed by atoms with Crippen LogP contribution in [0, 0.1) is 13.8 Å². The van der Waals surface area contributed by atoms with Crippen LogP contribution in [0.4, 0.5) is 0 Å². The summed E-state index contributed by atoms with van der Waals surface area (Å²) in [6, 6.07) is 7.68. The number of carbonyl (C=O) groups is 1. The van der Waals surface area contributed by atoms with Crippen molar-refractivity contribution in [3.8, 4) is 0 Å². The number of aryl methyl sites for hydroxylation is 2. The molecule has 0 saturated heterocycles. The highest BCUT2D eigenvalue weighted by atomic mass is 32.1. The number of aromatic nitrogens is 2. The number of amides is 1. The Morgan fingerprint density at radius 2 is 1.70 bits per heavy atom. The second-order valence-corrected chi connectivity index (χ2v) is 8.61. The van der Waals surface area contributed by atoms with Crippen molar-refractivity contribution < 1.29 is 4.79 Å². The smallest absolute Gasteiger partial charge is 0.332 e. The summed E-state index contributed by atoms with van der Waals surface area (Å²) in [6.07, 6.45) is 1.72. The predicted octanol–water partition coefficient (Wildman–Crippen LogP) is 3.54. The molecule has 2 heterocycles. The first kappa shape index (κ1) is 22.0. The standard InChI is InChI=1S/C23H29N3O3S/c1-5-10-24(11-6-2)20(27)15-25-19-9-12-30-21(19)22(28)26(23(25)29)14-18-8-7-16(3)17(4)13-18/h7-9,12-13H,5-6,10-11,14-15H2,1-4H3. The minimum atomic E-state index is -0.439. The van der Waals surface area contributed by atoms with Gasteiger partial charge in [-0.25, -0.2) is 4.79 Å². The Morgan fingerprint density at radius 1 is 1.00 bits per heavy atom. The van der Waals surface area contributed by atoms with Gasteiger partial charge in [-0.05, 0) is 54.8 Å². The Morgan fingerprint density at radius 3 is 2.33 bits per heavy atom. The van der Waals surface area contributed by atoms with E-state index in [0.29, 0.717) is 23.3 Å². The van der Waals surface area contributed by atoms with E-state index in [-0.39, 0.29) is 24.6 Å². The summed E-state index contributed by atoms with van der Waals surface area (Å²) >= 11 is 1.31. The number of hydrogen-bond acceptors (Lipinski definition) is 4. The molecule has 0 radical (unpaired) electrons. The minimum absolute atomic E-state index is 0.0563. The Balaban J connectivity index is 2.05. The fraction of sp³-hybridized carbons (Fsp3) is 0.435. The largest absolute Gasteiger partial charge is 0.341 e. The third kappa shape index (κ3) is 4.41. The average Bonchev–Trinajstić information content (AvgIpc) is 3.20. The van der Waals surface area contributed by atoms with Crippen molar-refractivity contribution in [3.05, 3.63) is 67.2 Å². The third-order valence-electron chi connectivity index (χ3n) is 5.38. The number of benzene rings is 1. The molecule has 0 saturated carbocycles. The molecule has 3 aromatic rings. The van der Waals surface area contributed by atoms with Crippen LogP contribution < -0.4 is 11.2 Å². The van der Waals surface area contributed by atoms with Crippen LogP contribution >= 0.6 is 11.3 Å². The van der Waals surface area contributed by atoms with Crippen LogP contribution in [-0.2, 0) is 17.9 Å². The summed E-state index contributed by atoms with van der Waals surface area (Å²) < 4.78 is 3.21. The zero-order valence-electron chi connectivity index (χ0n) is 18.1. The second kappa shape index (κ2) is 9.43. The van der Waals surface area contributed by atoms with E-state index in [1.807, 2.05) is 45.9 Å². The SMILES string of the molecule is CCCN(CCC)C(=O)Cn1c(=O)n(Cc2ccc(C)c(C)c2)c(=O)c2sccc21. The molecule has 0 bridgehead atoms. The lowest BCUT2D eigenvalue weighted by atomic mass is 10.1. The van der Waals surface area contributed by atoms with E-state index in [2.05, 4.69) is 0 Å². The summed E-state index contributed by atoms with van der Waals surface area (Å²) in [5, 5.41) is 1.79. The van der Waals surface area contributed by atoms with Gasteiger partial charge >= 0.3 is 5.69 Å². The number of thiophene rings is 1. The zero-order chi connectivity index (χ0) is 21.8. The van der Waals surface area contributed by atoms with Gasteiger partial charge in [0.1, 0.15) is 11.2 Å². The molecule has 1 amide bonds. The number of rotatable bonds is 8. The van der Waals surface area contributed by atoms with Crippen molar-refractivity contribution in [1.82, 2.24) is 14.0 Å². The van der Waals surface area contributed by atoms with Crippen LogP contribution in [0.3, 0.4) is 0 Å². The molecule has 30 heavy (non-hydrogen) atoms. The number of hydrogen-bond donors (Lipinski definition) is 0. The second-order valence-electron chi connectivity index (χ2n) is 7.69. The zero-order valence-corrected chi connectivity index (χ0v) is 18.9. The summed E-state index contributed by atoms with van der Waals surface area (Å²) in [6.45, 7) is 9.56. The van der Waals surface area contributed by atoms with Gasteiger partial charge in [-0.1, -0.05) is 32.0 Å². The molecule has 1 aromatic carbocycles. The third-order valence-corrected chi connectivity index (χ3v) is 6.27. The first-order valence-electron chi connectivity index (χ1n) is 10.4. The molecule has 2 aromatic heterocycles. The number of nitrogens with zero attached hydrogens (tertiary/aromatic N) is 3. The fourth-order valence-electron chi connectivity index (χ4n) is 3.65. The van der Waals surface area contributed by atoms with Crippen molar-refractivity contribution in [1.29, 1.82) is 0 Å². The topological polar surface area (TPSA) is 64.3 Å². The number of fused-ring (bicyclic) bond motifs is 1. The molecule has 160 valence electrons. The summed E-state index contributed by atoms with van der Waals surface area (Å²) in [5.74, 6) is -0.0929. The molecule has 0 aliphatic rings. The van der Waals surface area contributed by atoms with Gasteiger partial charge < -0.3 is 4.90 Å². The average molecular weight is 428 g/mol. The van der Waals surface area contributed by atoms with Crippen molar-refractivity contribution in [2.75, 3.05) is 13.1 Å². The Hall–Kier alpha value is -2.67. The molecule has 3 rings (SSSR count). The maximum Gasteiger partial charge on any atom is 0.332 e. The molecular formula is C23H29N3O3S. The maximum absolute atomic E-state index is 13.3. The highest BCUT2D eigenvalue weighted by Gasteiger charge is 2.19. The molecule has 0 fully saturated rings. The van der Waals surface area contributed by atoms with Gasteiger partial charge in [-0.3, -0.25) is 18.7 Å². The Labute approximate surface area is 180 Å². The van der Waals surface area contributed by atoms with Crippen LogP contribution in [0.15, 0.2) is 39.2 Å². The fourth-order valence-corrected chi connectivity index (χ4v) is 4.49. The highest BCUT2D eigenvalue weighted by Crippen LogP contribution is 2.16. The lowest BCUT2D eigenvalue weighted by Crippen LogP contribution is -2.43. The van der Waals surface area contributed by atoms with Gasteiger partial charge in [0.2, 0.25) is 5.91 Å². The molecule has 6 nitrogen and oxygen atoms in total. The van der Waals surface area contributed by atoms with Gasteiger partial charge in [0.15, 0.2) is 0 Å². The van der Waals surface area contributed by atoms with E-state index in [1.165, 1.54) is 20.5 Å². The van der Waals surface area contributed by atoms with Crippen LogP contribution in [0.5, 0.6) is 0 Å². The first-order valence-corrected chi connectivity index (χ1v) is 11.3. The molecule has 7 heteroatoms. The van der Waals surface area contributed by atoms with Crippen molar-refractivity contribution in [2.24, 2.45) is 0 Å². The molecule has 0 atom stereocenters. The van der Waals surface area contributed by atoms with E-state index in [1.54, 1.807) is 16.3 Å². The van der Waals surface area contributed by atoms with Gasteiger partial charge in [0, 0.05) is 13.1 Å². The monoisotopic (exact) mass is 427 g/mol. The first-order chi connectivity index (χ1) is 14.4. The van der Waals surface area contributed by atoms with Gasteiger partial charge in [-0.15, -0.1) is 11.3 Å². The van der Waals surface area contributed by atoms with Gasteiger partial charge in [-0.2, -0.15) is 0 Å². The molecule has 0 unspecified atom stereocenters. The molecule has 0 aliphatic carbocycles. The van der Waals surface area contributed by atoms with Crippen molar-refractivity contribution in [2.45, 2.75) is 53.6 Å².